The maximum absolute atomic E-state index is 13.1. The molecule has 0 unspecified atom stereocenters. The molecule has 21 heterocycles. The molecule has 0 aliphatic carbocycles. The molecule has 0 spiro atoms. The Balaban J connectivity index is 1.15. The van der Waals surface area contributed by atoms with Crippen LogP contribution in [0.3, 0.4) is 0 Å². The summed E-state index contributed by atoms with van der Waals surface area (Å²) in [5.74, 6) is -2.14. The fourth-order valence-corrected chi connectivity index (χ4v) is 12.3. The molecule has 37 nitrogen and oxygen atoms in total. The van der Waals surface area contributed by atoms with Gasteiger partial charge in [-0.2, -0.15) is 0 Å². The lowest BCUT2D eigenvalue weighted by molar-refractivity contribution is -0.409. The Morgan fingerprint density at radius 3 is 0.876 bits per heavy atom. The molecule has 0 radical (unpaired) electrons. The summed E-state index contributed by atoms with van der Waals surface area (Å²) in [6.07, 6.45) is -71.7. The number of carbonyl (C=O) groups is 2. The lowest BCUT2D eigenvalue weighted by Crippen LogP contribution is -2.69. The molecule has 89 heavy (non-hydrogen) atoms. The van der Waals surface area contributed by atoms with Crippen LogP contribution in [0.5, 0.6) is 0 Å². The molecule has 21 aliphatic heterocycles. The van der Waals surface area contributed by atoms with Crippen LogP contribution < -0.4 is 0 Å². The van der Waals surface area contributed by atoms with Gasteiger partial charge >= 0.3 is 11.9 Å². The fourth-order valence-electron chi connectivity index (χ4n) is 11.3. The topological polar surface area (TPSA) is 555 Å². The first-order chi connectivity index (χ1) is 41.8. The molecule has 14 bridgehead atoms. The van der Waals surface area contributed by atoms with Crippen molar-refractivity contribution >= 4 is 20.3 Å². The highest BCUT2D eigenvalue weighted by molar-refractivity contribution is 6.74. The van der Waals surface area contributed by atoms with E-state index in [1.165, 1.54) is 0 Å². The van der Waals surface area contributed by atoms with Crippen LogP contribution in [0, 0.1) is 0 Å². The molecule has 21 aliphatic rings. The van der Waals surface area contributed by atoms with Gasteiger partial charge in [0.1, 0.15) is 153 Å². The van der Waals surface area contributed by atoms with E-state index < -0.39 is 280 Å². The van der Waals surface area contributed by atoms with Gasteiger partial charge in [-0.1, -0.05) is 20.8 Å². The van der Waals surface area contributed by atoms with Crippen LogP contribution in [0.2, 0.25) is 18.1 Å². The van der Waals surface area contributed by atoms with Crippen LogP contribution >= 0.6 is 0 Å². The molecular formula is C51H86O37Si. The first-order valence-electron chi connectivity index (χ1n) is 28.9. The Labute approximate surface area is 508 Å². The number of ether oxygens (including phenoxy) is 16. The van der Waals surface area contributed by atoms with E-state index >= 15 is 0 Å². The molecule has 38 heteroatoms. The zero-order valence-corrected chi connectivity index (χ0v) is 50.3. The third kappa shape index (κ3) is 15.3. The fraction of sp³-hybridized carbons (Fsp3) is 0.961. The minimum atomic E-state index is -2.85. The molecule has 0 aromatic rings. The highest BCUT2D eigenvalue weighted by atomic mass is 28.4. The maximum Gasteiger partial charge on any atom is 0.303 e. The Kier molecular flexibility index (Phi) is 24.4. The number of hydrogen-bond donors (Lipinski definition) is 18. The molecule has 0 amide bonds. The zero-order chi connectivity index (χ0) is 65.6. The molecule has 35 atom stereocenters. The van der Waals surface area contributed by atoms with Gasteiger partial charge in [0.25, 0.3) is 0 Å². The van der Waals surface area contributed by atoms with Gasteiger partial charge in [0.05, 0.1) is 39.6 Å². The van der Waals surface area contributed by atoms with Crippen LogP contribution in [0.1, 0.15) is 34.6 Å². The number of esters is 2. The number of rotatable bonds is 10. The highest BCUT2D eigenvalue weighted by Gasteiger charge is 2.61. The predicted octanol–water partition coefficient (Wildman–Crippen LogP) is -11.1. The molecule has 0 saturated carbocycles. The molecule has 18 N–H and O–H groups in total. The van der Waals surface area contributed by atoms with Crippen LogP contribution in [-0.2, 0) is 89.8 Å². The van der Waals surface area contributed by atoms with Gasteiger partial charge < -0.3 is 172 Å². The average Bonchev–Trinajstić information content (AvgIpc) is 0.836. The summed E-state index contributed by atoms with van der Waals surface area (Å²) in [5.41, 5.74) is 0. The van der Waals surface area contributed by atoms with Gasteiger partial charge in [0, 0.05) is 13.8 Å². The van der Waals surface area contributed by atoms with E-state index in [-0.39, 0.29) is 0 Å². The second-order valence-corrected chi connectivity index (χ2v) is 29.2. The lowest BCUT2D eigenvalue weighted by atomic mass is 9.95. The Morgan fingerprint density at radius 2 is 0.584 bits per heavy atom. The third-order valence-electron chi connectivity index (χ3n) is 17.3. The predicted molar refractivity (Wildman–Crippen MR) is 279 cm³/mol. The van der Waals surface area contributed by atoms with Crippen molar-refractivity contribution in [3.63, 3.8) is 0 Å². The van der Waals surface area contributed by atoms with Crippen LogP contribution in [0.4, 0.5) is 0 Å². The van der Waals surface area contributed by atoms with Gasteiger partial charge in [0.15, 0.2) is 70.8 Å². The van der Waals surface area contributed by atoms with E-state index in [9.17, 15) is 102 Å². The monoisotopic (exact) mass is 1320 g/mol. The molecule has 0 aromatic heterocycles. The Morgan fingerprint density at radius 1 is 0.337 bits per heavy atom. The van der Waals surface area contributed by atoms with E-state index in [1.807, 2.05) is 33.9 Å². The van der Waals surface area contributed by atoms with Gasteiger partial charge in [0.2, 0.25) is 0 Å². The second kappa shape index (κ2) is 29.9. The van der Waals surface area contributed by atoms with Crippen LogP contribution in [0.15, 0.2) is 0 Å². The van der Waals surface area contributed by atoms with Gasteiger partial charge in [-0.05, 0) is 18.1 Å². The maximum atomic E-state index is 13.1. The quantitative estimate of drug-likeness (QED) is 0.0713. The summed E-state index contributed by atoms with van der Waals surface area (Å²) in [7, 11) is -2.85. The molecule has 516 valence electrons. The van der Waals surface area contributed by atoms with E-state index in [0.29, 0.717) is 0 Å². The van der Waals surface area contributed by atoms with Gasteiger partial charge in [-0.25, -0.2) is 0 Å². The molecule has 21 saturated heterocycles. The van der Waals surface area contributed by atoms with Crippen molar-refractivity contribution in [1.29, 1.82) is 0 Å². The molecular weight excluding hydrogens is 1230 g/mol. The highest BCUT2D eigenvalue weighted by Crippen LogP contribution is 2.42. The van der Waals surface area contributed by atoms with Crippen molar-refractivity contribution in [2.24, 2.45) is 0 Å². The molecule has 0 aromatic carbocycles. The van der Waals surface area contributed by atoms with E-state index in [1.54, 1.807) is 0 Å². The lowest BCUT2D eigenvalue weighted by Gasteiger charge is -2.51. The summed E-state index contributed by atoms with van der Waals surface area (Å²) in [5, 5.41) is 202. The number of aliphatic hydroxyl groups is 18. The van der Waals surface area contributed by atoms with E-state index in [0.717, 1.165) is 13.8 Å². The summed E-state index contributed by atoms with van der Waals surface area (Å²) in [6.45, 7) is 5.39. The summed E-state index contributed by atoms with van der Waals surface area (Å²) < 4.78 is 99.9. The van der Waals surface area contributed by atoms with Crippen molar-refractivity contribution in [1.82, 2.24) is 0 Å². The SMILES string of the molecule is CC(=O)O[C@@H]1[C@@H](OC(C)=O)[C@H]2O[C@H]3[C@H](O)[C@@H](O)[C@@H](O[C@H]4[C@H](O)[C@@H](O)[C@@H](O[C@H]5[C@H](O)[C@@H](O)[C@@H](O[C@H]6[C@H](O)[C@@H](O)[C@@H](O[C@H]7[C@H](O)[C@@H](O)[C@@H](O[C@H]8[C@H](O)[C@@H](O)[C@@H](O[C@@H]1[C@@H](CO[Si](C)(C)C(C)(C)C)O2)O[C@@H]8CO)O[C@@H]7CO)O[C@@H]6CO)O[C@@H]5CO)O[C@@H]4O)O[C@@H]3CO. The van der Waals surface area contributed by atoms with Crippen molar-refractivity contribution in [2.75, 3.05) is 39.6 Å². The smallest absolute Gasteiger partial charge is 0.303 e. The number of hydrogen-bond acceptors (Lipinski definition) is 37. The van der Waals surface area contributed by atoms with Gasteiger partial charge in [-0.15, -0.1) is 0 Å². The Hall–Kier alpha value is -2.16. The van der Waals surface area contributed by atoms with Crippen LogP contribution in [-0.4, -0.2) is 367 Å². The van der Waals surface area contributed by atoms with Crippen molar-refractivity contribution < 1.29 is 182 Å². The van der Waals surface area contributed by atoms with E-state index in [4.69, 9.17) is 80.2 Å². The largest absolute Gasteiger partial charge is 0.455 e. The third-order valence-corrected chi connectivity index (χ3v) is 21.8. The van der Waals surface area contributed by atoms with Crippen molar-refractivity contribution in [3.05, 3.63) is 0 Å². The summed E-state index contributed by atoms with van der Waals surface area (Å²) in [6, 6.07) is 0. The first-order valence-corrected chi connectivity index (χ1v) is 31.8. The van der Waals surface area contributed by atoms with Crippen molar-refractivity contribution in [3.8, 4) is 0 Å². The summed E-state index contributed by atoms with van der Waals surface area (Å²) in [4.78, 5) is 26.1. The summed E-state index contributed by atoms with van der Waals surface area (Å²) >= 11 is 0. The van der Waals surface area contributed by atoms with E-state index in [2.05, 4.69) is 0 Å². The molecule has 21 fully saturated rings. The average molecular weight is 1320 g/mol. The zero-order valence-electron chi connectivity index (χ0n) is 49.3. The van der Waals surface area contributed by atoms with Gasteiger partial charge in [-0.3, -0.25) is 9.59 Å². The van der Waals surface area contributed by atoms with Crippen molar-refractivity contribution in [2.45, 2.75) is 268 Å². The second-order valence-electron chi connectivity index (χ2n) is 24.4. The standard InChI is InChI=1S/C51H86O37Si/c1-14(57)73-41-39-21(13-72-89(6,7)51(3,4)5)80-50(42(41)74-15(2)58)85-38-20(12-56)79-48(32(69)26(38)63)87-40-27(64)33(70)49(88-43(40)71)84-37-19(11-55)77-46(30(67)24(37)61)82-35-17(9-53)75-44(28(65)22(35)59)81-34-16(8-52)76-45(29(66)23(34)60)83-36-18(10-54)78-47(86-39)31(68)25(36)62/h16-50,52-56,59-71H,8-13H2,1-7H3/t16-,17-,18-,19-,20-,21-,22-,23-,24-,25-,26-,27-,28-,29-,30-,31-,32-,33-,34-,35-,36-,37-,38-,39-,40+,41+,42-,43+,44-,45-,46-,47-,48-,49+,50-/m1/s1. The van der Waals surface area contributed by atoms with Crippen LogP contribution in [0.25, 0.3) is 0 Å². The number of aliphatic hydroxyl groups excluding tert-OH is 18. The first kappa shape index (κ1) is 72.7. The number of carbonyl (C=O) groups excluding carboxylic acids is 2. The Bertz CT molecular complexity index is 2270. The minimum absolute atomic E-state index is 0.495. The normalized spacial score (nSPS) is 49.7. The molecule has 21 rings (SSSR count). The minimum Gasteiger partial charge on any atom is -0.455 e.